The summed E-state index contributed by atoms with van der Waals surface area (Å²) in [5.41, 5.74) is -1.65. The summed E-state index contributed by atoms with van der Waals surface area (Å²) in [4.78, 5) is 18.2. The molecule has 30 heavy (non-hydrogen) atoms. The maximum atomic E-state index is 13.4. The summed E-state index contributed by atoms with van der Waals surface area (Å²) >= 11 is 7.20. The van der Waals surface area contributed by atoms with Crippen LogP contribution in [0.1, 0.15) is 28.7 Å². The van der Waals surface area contributed by atoms with Gasteiger partial charge in [-0.3, -0.25) is 0 Å². The molecule has 0 saturated carbocycles. The smallest absolute Gasteiger partial charge is 0.416 e. The highest BCUT2D eigenvalue weighted by atomic mass is 35.5. The lowest BCUT2D eigenvalue weighted by atomic mass is 10.0. The van der Waals surface area contributed by atoms with E-state index in [0.717, 1.165) is 17.0 Å². The molecule has 5 nitrogen and oxygen atoms in total. The number of benzene rings is 1. The molecule has 10 heteroatoms. The lowest BCUT2D eigenvalue weighted by Crippen LogP contribution is -2.45. The molecule has 1 aliphatic heterocycles. The molecule has 0 amide bonds. The Kier molecular flexibility index (Phi) is 5.19. The van der Waals surface area contributed by atoms with Crippen molar-refractivity contribution in [3.8, 4) is 17.0 Å². The van der Waals surface area contributed by atoms with E-state index in [1.54, 1.807) is 12.3 Å². The molecule has 0 spiro atoms. The molecule has 4 rings (SSSR count). The summed E-state index contributed by atoms with van der Waals surface area (Å²) in [6.07, 6.45) is -0.348. The number of nitrogens with zero attached hydrogens (tertiary/aromatic N) is 3. The first-order valence-electron chi connectivity index (χ1n) is 9.02. The normalized spacial score (nSPS) is 15.9. The lowest BCUT2D eigenvalue weighted by molar-refractivity contribution is -0.703. The number of thiazole rings is 1. The van der Waals surface area contributed by atoms with Crippen LogP contribution in [0.4, 0.5) is 13.2 Å². The third-order valence-electron chi connectivity index (χ3n) is 5.07. The minimum atomic E-state index is -4.57. The van der Waals surface area contributed by atoms with Crippen LogP contribution in [-0.2, 0) is 19.1 Å². The van der Waals surface area contributed by atoms with Crippen molar-refractivity contribution in [2.75, 3.05) is 0 Å². The first-order chi connectivity index (χ1) is 14.2. The van der Waals surface area contributed by atoms with Crippen molar-refractivity contribution in [1.29, 1.82) is 0 Å². The van der Waals surface area contributed by atoms with E-state index in [2.05, 4.69) is 11.6 Å². The van der Waals surface area contributed by atoms with Gasteiger partial charge < -0.3 is 5.11 Å². The van der Waals surface area contributed by atoms with Crippen LogP contribution < -0.4 is 10.1 Å². The maximum Gasteiger partial charge on any atom is 0.416 e. The SMILES string of the molecule is C=CC[n+]1c(O)c(-c2cccc(C(F)(F)F)c2)c(=O)n2c1CCC2c1cnc(Cl)s1. The number of aromatic nitrogens is 3. The van der Waals surface area contributed by atoms with Crippen molar-refractivity contribution >= 4 is 22.9 Å². The van der Waals surface area contributed by atoms with Gasteiger partial charge in [0.25, 0.3) is 11.7 Å². The molecular formula is C20H16ClF3N3O2S+. The Balaban J connectivity index is 1.98. The molecule has 0 aliphatic carbocycles. The van der Waals surface area contributed by atoms with Crippen LogP contribution in [-0.4, -0.2) is 14.7 Å². The van der Waals surface area contributed by atoms with E-state index in [4.69, 9.17) is 11.6 Å². The number of fused-ring (bicyclic) bond motifs is 1. The molecule has 2 aromatic heterocycles. The van der Waals surface area contributed by atoms with Gasteiger partial charge in [0.2, 0.25) is 0 Å². The van der Waals surface area contributed by atoms with Crippen molar-refractivity contribution in [2.24, 2.45) is 0 Å². The standard InChI is InChI=1S/C20H15ClF3N3O2S/c1-2-8-26-15-7-6-13(14-10-25-19(21)30-14)27(15)18(29)16(17(26)28)11-4-3-5-12(9-11)20(22,23)24/h2-5,9-10,13H,1,6-8H2/p+1. The molecule has 1 N–H and O–H groups in total. The Hall–Kier alpha value is -2.65. The molecule has 0 bridgehead atoms. The lowest BCUT2D eigenvalue weighted by Gasteiger charge is -2.14. The van der Waals surface area contributed by atoms with Crippen molar-refractivity contribution in [3.63, 3.8) is 0 Å². The molecule has 1 aliphatic rings. The van der Waals surface area contributed by atoms with Gasteiger partial charge in [0.05, 0.1) is 16.9 Å². The van der Waals surface area contributed by atoms with E-state index in [-0.39, 0.29) is 29.6 Å². The molecular weight excluding hydrogens is 439 g/mol. The summed E-state index contributed by atoms with van der Waals surface area (Å²) in [5, 5.41) is 10.9. The zero-order chi connectivity index (χ0) is 21.6. The third-order valence-corrected chi connectivity index (χ3v) is 6.28. The van der Waals surface area contributed by atoms with Crippen molar-refractivity contribution in [1.82, 2.24) is 9.55 Å². The summed E-state index contributed by atoms with van der Waals surface area (Å²) in [7, 11) is 0. The van der Waals surface area contributed by atoms with Crippen molar-refractivity contribution in [3.05, 3.63) is 74.2 Å². The topological polar surface area (TPSA) is 59.0 Å². The second-order valence-corrected chi connectivity index (χ2v) is 8.48. The first kappa shape index (κ1) is 20.6. The van der Waals surface area contributed by atoms with Gasteiger partial charge >= 0.3 is 11.7 Å². The van der Waals surface area contributed by atoms with Crippen molar-refractivity contribution < 1.29 is 22.8 Å². The highest BCUT2D eigenvalue weighted by Gasteiger charge is 2.40. The molecule has 1 atom stereocenters. The number of rotatable bonds is 4. The van der Waals surface area contributed by atoms with E-state index in [9.17, 15) is 23.1 Å². The highest BCUT2D eigenvalue weighted by molar-refractivity contribution is 7.15. The number of aromatic hydroxyl groups is 1. The fourth-order valence-corrected chi connectivity index (χ4v) is 4.89. The first-order valence-corrected chi connectivity index (χ1v) is 10.2. The van der Waals surface area contributed by atoms with Crippen LogP contribution in [0.15, 0.2) is 47.9 Å². The third kappa shape index (κ3) is 3.41. The van der Waals surface area contributed by atoms with Gasteiger partial charge in [0.1, 0.15) is 12.6 Å². The van der Waals surface area contributed by atoms with Crippen LogP contribution >= 0.6 is 22.9 Å². The van der Waals surface area contributed by atoms with Gasteiger partial charge in [-0.05, 0) is 17.7 Å². The summed E-state index contributed by atoms with van der Waals surface area (Å²) in [5.74, 6) is 0.191. The average Bonchev–Trinajstić information content (AvgIpc) is 3.31. The Bertz CT molecular complexity index is 1200. The molecule has 0 fully saturated rings. The van der Waals surface area contributed by atoms with E-state index >= 15 is 0 Å². The van der Waals surface area contributed by atoms with Crippen LogP contribution in [0.5, 0.6) is 5.88 Å². The Morgan fingerprint density at radius 2 is 2.20 bits per heavy atom. The largest absolute Gasteiger partial charge is 0.477 e. The van der Waals surface area contributed by atoms with Crippen LogP contribution in [0, 0.1) is 0 Å². The number of halogens is 4. The van der Waals surface area contributed by atoms with E-state index in [1.165, 1.54) is 32.6 Å². The second kappa shape index (κ2) is 7.55. The van der Waals surface area contributed by atoms with Gasteiger partial charge in [-0.1, -0.05) is 36.4 Å². The predicted octanol–water partition coefficient (Wildman–Crippen LogP) is 4.36. The Morgan fingerprint density at radius 3 is 2.83 bits per heavy atom. The van der Waals surface area contributed by atoms with Crippen LogP contribution in [0.25, 0.3) is 11.1 Å². The zero-order valence-corrected chi connectivity index (χ0v) is 17.1. The number of allylic oxidation sites excluding steroid dienone is 1. The van der Waals surface area contributed by atoms with E-state index in [1.807, 2.05) is 0 Å². The minimum Gasteiger partial charge on any atom is -0.477 e. The second-order valence-electron chi connectivity index (χ2n) is 6.84. The van der Waals surface area contributed by atoms with Gasteiger partial charge in [-0.25, -0.2) is 9.78 Å². The Labute approximate surface area is 178 Å². The monoisotopic (exact) mass is 454 g/mol. The number of hydrogen-bond acceptors (Lipinski definition) is 4. The van der Waals surface area contributed by atoms with Crippen molar-refractivity contribution in [2.45, 2.75) is 31.6 Å². The summed E-state index contributed by atoms with van der Waals surface area (Å²) in [6, 6.07) is 4.02. The molecule has 156 valence electrons. The van der Waals surface area contributed by atoms with Gasteiger partial charge in [-0.2, -0.15) is 22.3 Å². The summed E-state index contributed by atoms with van der Waals surface area (Å²) < 4.78 is 43.0. The van der Waals surface area contributed by atoms with Crippen LogP contribution in [0.2, 0.25) is 4.47 Å². The fraction of sp³-hybridized carbons (Fsp3) is 0.250. The predicted molar refractivity (Wildman–Crippen MR) is 107 cm³/mol. The Morgan fingerprint density at radius 1 is 1.43 bits per heavy atom. The minimum absolute atomic E-state index is 0.00609. The van der Waals surface area contributed by atoms with E-state index in [0.29, 0.717) is 23.1 Å². The molecule has 1 unspecified atom stereocenters. The van der Waals surface area contributed by atoms with Crippen LogP contribution in [0.3, 0.4) is 0 Å². The zero-order valence-electron chi connectivity index (χ0n) is 15.5. The molecule has 1 aromatic carbocycles. The maximum absolute atomic E-state index is 13.4. The molecule has 0 radical (unpaired) electrons. The highest BCUT2D eigenvalue weighted by Crippen LogP contribution is 2.37. The molecule has 3 heterocycles. The summed E-state index contributed by atoms with van der Waals surface area (Å²) in [6.45, 7) is 3.88. The fourth-order valence-electron chi connectivity index (χ4n) is 3.80. The average molecular weight is 455 g/mol. The van der Waals surface area contributed by atoms with Gasteiger partial charge in [0, 0.05) is 12.6 Å². The van der Waals surface area contributed by atoms with Gasteiger partial charge in [0.15, 0.2) is 10.0 Å². The van der Waals surface area contributed by atoms with Gasteiger partial charge in [-0.15, -0.1) is 11.3 Å². The van der Waals surface area contributed by atoms with E-state index < -0.39 is 17.3 Å². The molecule has 3 aromatic rings. The molecule has 0 saturated heterocycles. The number of hydrogen-bond donors (Lipinski definition) is 1. The quantitative estimate of drug-likeness (QED) is 0.471. The number of alkyl halides is 3.